The highest BCUT2D eigenvalue weighted by Crippen LogP contribution is 2.31. The molecule has 200 valence electrons. The fraction of sp³-hybridized carbons (Fsp3) is 0.379. The van der Waals surface area contributed by atoms with Gasteiger partial charge in [-0.05, 0) is 49.8 Å². The molecule has 4 rings (SSSR count). The molecular formula is C29H33ClN4O4. The van der Waals surface area contributed by atoms with Gasteiger partial charge in [-0.3, -0.25) is 4.79 Å². The first kappa shape index (κ1) is 27.4. The van der Waals surface area contributed by atoms with Gasteiger partial charge in [-0.25, -0.2) is 14.8 Å². The Morgan fingerprint density at radius 3 is 2.47 bits per heavy atom. The van der Waals surface area contributed by atoms with Crippen LogP contribution in [0.2, 0.25) is 5.02 Å². The topological polar surface area (TPSA) is 93.6 Å². The van der Waals surface area contributed by atoms with E-state index in [1.54, 1.807) is 6.92 Å². The van der Waals surface area contributed by atoms with Gasteiger partial charge in [-0.15, -0.1) is 0 Å². The highest BCUT2D eigenvalue weighted by atomic mass is 35.5. The number of nitrogens with zero attached hydrogens (tertiary/aromatic N) is 3. The number of amides is 1. The minimum absolute atomic E-state index is 0.0567. The van der Waals surface area contributed by atoms with Gasteiger partial charge in [0.1, 0.15) is 12.4 Å². The van der Waals surface area contributed by atoms with E-state index in [4.69, 9.17) is 21.2 Å². The van der Waals surface area contributed by atoms with Crippen LogP contribution in [-0.4, -0.2) is 34.9 Å². The maximum absolute atomic E-state index is 13.0. The lowest BCUT2D eigenvalue weighted by Crippen LogP contribution is -2.34. The first-order valence-electron chi connectivity index (χ1n) is 13.0. The lowest BCUT2D eigenvalue weighted by molar-refractivity contribution is -0.149. The zero-order valence-electron chi connectivity index (χ0n) is 21.8. The summed E-state index contributed by atoms with van der Waals surface area (Å²) >= 11 is 6.39. The molecule has 2 aromatic carbocycles. The third-order valence-electron chi connectivity index (χ3n) is 6.51. The van der Waals surface area contributed by atoms with Gasteiger partial charge in [0.05, 0.1) is 16.4 Å². The van der Waals surface area contributed by atoms with Crippen molar-refractivity contribution < 1.29 is 19.2 Å². The maximum atomic E-state index is 13.0. The number of hydrogen-bond acceptors (Lipinski definition) is 7. The Labute approximate surface area is 228 Å². The van der Waals surface area contributed by atoms with Crippen LogP contribution < -0.4 is 15.1 Å². The number of nitrogens with one attached hydrogen (secondary N) is 1. The quantitative estimate of drug-likeness (QED) is 0.363. The Morgan fingerprint density at radius 1 is 1.05 bits per heavy atom. The fourth-order valence-electron chi connectivity index (χ4n) is 4.52. The lowest BCUT2D eigenvalue weighted by Gasteiger charge is -2.34. The van der Waals surface area contributed by atoms with Crippen LogP contribution in [0, 0.1) is 12.8 Å². The SMILES string of the molecule is CCCC(=O)ONC(=O)c1nc(CC2CCN(c3ccccc3Cl)CC2)nc(C)c1OCc1ccccc1. The van der Waals surface area contributed by atoms with E-state index in [2.05, 4.69) is 20.3 Å². The molecule has 1 amide bonds. The van der Waals surface area contributed by atoms with Crippen LogP contribution >= 0.6 is 11.6 Å². The maximum Gasteiger partial charge on any atom is 0.332 e. The molecule has 38 heavy (non-hydrogen) atoms. The summed E-state index contributed by atoms with van der Waals surface area (Å²) in [5.41, 5.74) is 4.85. The molecule has 0 radical (unpaired) electrons. The predicted molar refractivity (Wildman–Crippen MR) is 146 cm³/mol. The number of para-hydroxylation sites is 1. The molecule has 1 saturated heterocycles. The molecule has 0 unspecified atom stereocenters. The molecule has 1 fully saturated rings. The van der Waals surface area contributed by atoms with Gasteiger partial charge < -0.3 is 14.5 Å². The molecule has 1 aromatic heterocycles. The average Bonchev–Trinajstić information content (AvgIpc) is 2.92. The summed E-state index contributed by atoms with van der Waals surface area (Å²) < 4.78 is 6.00. The average molecular weight is 537 g/mol. The second-order valence-corrected chi connectivity index (χ2v) is 9.83. The number of benzene rings is 2. The molecule has 1 aliphatic rings. The predicted octanol–water partition coefficient (Wildman–Crippen LogP) is 5.46. The van der Waals surface area contributed by atoms with Crippen molar-refractivity contribution >= 4 is 29.2 Å². The Balaban J connectivity index is 1.48. The number of hydroxylamine groups is 1. The minimum atomic E-state index is -0.641. The van der Waals surface area contributed by atoms with Crippen LogP contribution in [0.4, 0.5) is 5.69 Å². The minimum Gasteiger partial charge on any atom is -0.485 e. The molecule has 0 aliphatic carbocycles. The number of rotatable bonds is 9. The highest BCUT2D eigenvalue weighted by Gasteiger charge is 2.25. The molecule has 0 bridgehead atoms. The summed E-state index contributed by atoms with van der Waals surface area (Å²) in [4.78, 5) is 41.3. The molecule has 0 saturated carbocycles. The van der Waals surface area contributed by atoms with Crippen molar-refractivity contribution in [1.29, 1.82) is 0 Å². The van der Waals surface area contributed by atoms with E-state index < -0.39 is 11.9 Å². The molecule has 1 aliphatic heterocycles. The number of ether oxygens (including phenoxy) is 1. The smallest absolute Gasteiger partial charge is 0.332 e. The van der Waals surface area contributed by atoms with E-state index in [9.17, 15) is 9.59 Å². The van der Waals surface area contributed by atoms with Crippen molar-refractivity contribution in [3.8, 4) is 5.75 Å². The monoisotopic (exact) mass is 536 g/mol. The summed E-state index contributed by atoms with van der Waals surface area (Å²) in [7, 11) is 0. The zero-order valence-corrected chi connectivity index (χ0v) is 22.5. The number of carbonyl (C=O) groups excluding carboxylic acids is 2. The number of anilines is 1. The Bertz CT molecular complexity index is 1250. The van der Waals surface area contributed by atoms with Crippen molar-refractivity contribution in [2.45, 2.75) is 52.6 Å². The molecule has 9 heteroatoms. The number of halogens is 1. The molecule has 3 aromatic rings. The first-order chi connectivity index (χ1) is 18.4. The summed E-state index contributed by atoms with van der Waals surface area (Å²) in [6.07, 6.45) is 3.36. The molecule has 0 spiro atoms. The van der Waals surface area contributed by atoms with E-state index in [0.717, 1.165) is 42.2 Å². The second-order valence-electron chi connectivity index (χ2n) is 9.42. The summed E-state index contributed by atoms with van der Waals surface area (Å²) in [5, 5.41) is 0.756. The van der Waals surface area contributed by atoms with Crippen LogP contribution in [0.1, 0.15) is 60.2 Å². The van der Waals surface area contributed by atoms with E-state index >= 15 is 0 Å². The van der Waals surface area contributed by atoms with E-state index in [1.807, 2.05) is 61.5 Å². The van der Waals surface area contributed by atoms with Gasteiger partial charge in [0.2, 0.25) is 0 Å². The summed E-state index contributed by atoms with van der Waals surface area (Å²) in [6.45, 7) is 5.67. The van der Waals surface area contributed by atoms with Crippen LogP contribution in [0.3, 0.4) is 0 Å². The Hall–Kier alpha value is -3.65. The van der Waals surface area contributed by atoms with E-state index in [-0.39, 0.29) is 24.5 Å². The van der Waals surface area contributed by atoms with Crippen LogP contribution in [-0.2, 0) is 22.7 Å². The van der Waals surface area contributed by atoms with Gasteiger partial charge >= 0.3 is 11.9 Å². The molecule has 2 heterocycles. The molecule has 8 nitrogen and oxygen atoms in total. The van der Waals surface area contributed by atoms with Crippen molar-refractivity contribution in [2.24, 2.45) is 5.92 Å². The van der Waals surface area contributed by atoms with Crippen LogP contribution in [0.5, 0.6) is 5.75 Å². The largest absolute Gasteiger partial charge is 0.485 e. The molecule has 0 atom stereocenters. The van der Waals surface area contributed by atoms with Crippen LogP contribution in [0.15, 0.2) is 54.6 Å². The molecule has 1 N–H and O–H groups in total. The second kappa shape index (κ2) is 13.2. The number of piperidine rings is 1. The van der Waals surface area contributed by atoms with E-state index in [1.165, 1.54) is 0 Å². The third-order valence-corrected chi connectivity index (χ3v) is 6.83. The van der Waals surface area contributed by atoms with Gasteiger partial charge in [0.25, 0.3) is 0 Å². The number of aromatic nitrogens is 2. The van der Waals surface area contributed by atoms with Gasteiger partial charge in [0.15, 0.2) is 11.4 Å². The molecular weight excluding hydrogens is 504 g/mol. The summed E-state index contributed by atoms with van der Waals surface area (Å²) in [5.74, 6) is 0.0511. The normalized spacial score (nSPS) is 13.7. The van der Waals surface area contributed by atoms with Crippen molar-refractivity contribution in [2.75, 3.05) is 18.0 Å². The zero-order chi connectivity index (χ0) is 26.9. The number of carbonyl (C=O) groups is 2. The van der Waals surface area contributed by atoms with Gasteiger partial charge in [-0.2, -0.15) is 5.48 Å². The van der Waals surface area contributed by atoms with Crippen molar-refractivity contribution in [3.05, 3.63) is 82.4 Å². The van der Waals surface area contributed by atoms with Gasteiger partial charge in [0, 0.05) is 25.9 Å². The fourth-order valence-corrected chi connectivity index (χ4v) is 4.77. The summed E-state index contributed by atoms with van der Waals surface area (Å²) in [6, 6.07) is 17.5. The third kappa shape index (κ3) is 7.22. The van der Waals surface area contributed by atoms with Crippen LogP contribution in [0.25, 0.3) is 0 Å². The van der Waals surface area contributed by atoms with Gasteiger partial charge in [-0.1, -0.05) is 61.0 Å². The Morgan fingerprint density at radius 2 is 1.76 bits per heavy atom. The van der Waals surface area contributed by atoms with Crippen molar-refractivity contribution in [3.63, 3.8) is 0 Å². The lowest BCUT2D eigenvalue weighted by atomic mass is 9.93. The number of hydrogen-bond donors (Lipinski definition) is 1. The first-order valence-corrected chi connectivity index (χ1v) is 13.4. The van der Waals surface area contributed by atoms with E-state index in [0.29, 0.717) is 30.3 Å². The number of aryl methyl sites for hydroxylation is 1. The highest BCUT2D eigenvalue weighted by molar-refractivity contribution is 6.33. The standard InChI is InChI=1S/C29H33ClN4O4/c1-3-9-26(35)38-33-29(36)27-28(37-19-22-10-5-4-6-11-22)20(2)31-25(32-27)18-21-14-16-34(17-15-21)24-13-8-7-12-23(24)30/h4-8,10-13,21H,3,9,14-19H2,1-2H3,(H,33,36). The van der Waals surface area contributed by atoms with Crippen molar-refractivity contribution in [1.82, 2.24) is 15.4 Å². The Kier molecular flexibility index (Phi) is 9.54.